The summed E-state index contributed by atoms with van der Waals surface area (Å²) in [5.74, 6) is 0.698. The predicted molar refractivity (Wildman–Crippen MR) is 126 cm³/mol. The van der Waals surface area contributed by atoms with E-state index in [1.807, 2.05) is 12.1 Å². The number of benzene rings is 2. The molecule has 2 aromatic carbocycles. The van der Waals surface area contributed by atoms with Gasteiger partial charge < -0.3 is 4.74 Å². The van der Waals surface area contributed by atoms with Crippen LogP contribution in [0.1, 0.15) is 0 Å². The molecule has 0 unspecified atom stereocenters. The lowest BCUT2D eigenvalue weighted by Gasteiger charge is -2.10. The number of primary sulfonamides is 1. The normalized spacial score (nSPS) is 11.6. The maximum Gasteiger partial charge on any atom is 0.284 e. The summed E-state index contributed by atoms with van der Waals surface area (Å²) in [6.07, 6.45) is 5.65. The Hall–Kier alpha value is -4.35. The van der Waals surface area contributed by atoms with Crippen LogP contribution in [0.2, 0.25) is 0 Å². The number of fused-ring (bicyclic) bond motifs is 1. The maximum atomic E-state index is 13.4. The first kappa shape index (κ1) is 21.5. The second kappa shape index (κ2) is 8.21. The molecule has 0 amide bonds. The molecule has 5 rings (SSSR count). The molecular formula is C23H18N6O4S. The average Bonchev–Trinajstić information content (AvgIpc) is 3.29. The minimum absolute atomic E-state index is 0.0774. The molecular weight excluding hydrogens is 456 g/mol. The van der Waals surface area contributed by atoms with Crippen molar-refractivity contribution in [1.29, 1.82) is 0 Å². The van der Waals surface area contributed by atoms with E-state index < -0.39 is 10.0 Å². The molecule has 5 aromatic rings. The van der Waals surface area contributed by atoms with Crippen LogP contribution in [0.15, 0.2) is 89.3 Å². The molecule has 3 aromatic heterocycles. The minimum Gasteiger partial charge on any atom is -0.497 e. The van der Waals surface area contributed by atoms with Crippen LogP contribution in [-0.4, -0.2) is 39.6 Å². The van der Waals surface area contributed by atoms with Crippen LogP contribution in [0.5, 0.6) is 5.75 Å². The molecule has 34 heavy (non-hydrogen) atoms. The van der Waals surface area contributed by atoms with E-state index in [-0.39, 0.29) is 10.5 Å². The number of aromatic nitrogens is 5. The first-order valence-electron chi connectivity index (χ1n) is 10.0. The summed E-state index contributed by atoms with van der Waals surface area (Å²) < 4.78 is 32.1. The summed E-state index contributed by atoms with van der Waals surface area (Å²) in [6, 6.07) is 15.6. The minimum atomic E-state index is -3.95. The zero-order valence-corrected chi connectivity index (χ0v) is 18.7. The van der Waals surface area contributed by atoms with Crippen molar-refractivity contribution in [3.8, 4) is 28.3 Å². The molecule has 2 N–H and O–H groups in total. The third kappa shape index (κ3) is 3.72. The number of methoxy groups -OCH3 is 1. The maximum absolute atomic E-state index is 13.4. The van der Waals surface area contributed by atoms with Crippen molar-refractivity contribution in [2.75, 3.05) is 7.11 Å². The number of rotatable bonds is 5. The van der Waals surface area contributed by atoms with E-state index in [4.69, 9.17) is 9.88 Å². The van der Waals surface area contributed by atoms with Crippen LogP contribution in [0.4, 0.5) is 0 Å². The molecule has 0 bridgehead atoms. The number of nitrogens with two attached hydrogens (primary N) is 1. The highest BCUT2D eigenvalue weighted by Crippen LogP contribution is 2.26. The van der Waals surface area contributed by atoms with Gasteiger partial charge in [0.25, 0.3) is 5.56 Å². The zero-order chi connectivity index (χ0) is 23.9. The summed E-state index contributed by atoms with van der Waals surface area (Å²) in [7, 11) is -2.37. The van der Waals surface area contributed by atoms with Crippen LogP contribution in [-0.2, 0) is 10.0 Å². The number of ether oxygens (including phenoxy) is 1. The molecule has 0 aliphatic heterocycles. The Balaban J connectivity index is 1.58. The van der Waals surface area contributed by atoms with Crippen molar-refractivity contribution in [3.63, 3.8) is 0 Å². The Morgan fingerprint density at radius 1 is 0.882 bits per heavy atom. The molecule has 11 heteroatoms. The fourth-order valence-corrected chi connectivity index (χ4v) is 4.38. The molecule has 0 saturated carbocycles. The highest BCUT2D eigenvalue weighted by molar-refractivity contribution is 7.89. The largest absolute Gasteiger partial charge is 0.497 e. The highest BCUT2D eigenvalue weighted by atomic mass is 32.2. The molecule has 0 atom stereocenters. The van der Waals surface area contributed by atoms with Crippen molar-refractivity contribution in [1.82, 2.24) is 24.1 Å². The lowest BCUT2D eigenvalue weighted by molar-refractivity contribution is 0.415. The van der Waals surface area contributed by atoms with Crippen molar-refractivity contribution < 1.29 is 13.2 Å². The van der Waals surface area contributed by atoms with E-state index in [1.165, 1.54) is 23.3 Å². The third-order valence-corrected chi connectivity index (χ3v) is 6.30. The number of sulfonamides is 1. The number of pyridine rings is 1. The first-order chi connectivity index (χ1) is 16.4. The third-order valence-electron chi connectivity index (χ3n) is 5.36. The molecule has 170 valence electrons. The van der Waals surface area contributed by atoms with E-state index in [9.17, 15) is 13.2 Å². The first-order valence-corrected chi connectivity index (χ1v) is 11.6. The topological polar surface area (TPSA) is 135 Å². The number of nitrogens with zero attached hydrogens (tertiary/aromatic N) is 5. The van der Waals surface area contributed by atoms with Crippen LogP contribution in [0.25, 0.3) is 33.7 Å². The Morgan fingerprint density at radius 3 is 2.15 bits per heavy atom. The van der Waals surface area contributed by atoms with Gasteiger partial charge in [-0.15, -0.1) is 0 Å². The van der Waals surface area contributed by atoms with Gasteiger partial charge in [0.15, 0.2) is 11.2 Å². The van der Waals surface area contributed by atoms with Gasteiger partial charge >= 0.3 is 0 Å². The van der Waals surface area contributed by atoms with Gasteiger partial charge in [0.1, 0.15) is 23.3 Å². The molecule has 0 fully saturated rings. The van der Waals surface area contributed by atoms with Gasteiger partial charge in [-0.1, -0.05) is 12.1 Å². The lowest BCUT2D eigenvalue weighted by atomic mass is 10.1. The van der Waals surface area contributed by atoms with Crippen LogP contribution >= 0.6 is 0 Å². The van der Waals surface area contributed by atoms with Gasteiger partial charge in [-0.05, 0) is 48.0 Å². The highest BCUT2D eigenvalue weighted by Gasteiger charge is 2.16. The summed E-state index contributed by atoms with van der Waals surface area (Å²) in [4.78, 5) is 25.7. The molecule has 0 aliphatic carbocycles. The van der Waals surface area contributed by atoms with Crippen molar-refractivity contribution in [3.05, 3.63) is 90.0 Å². The zero-order valence-electron chi connectivity index (χ0n) is 17.9. The fourth-order valence-electron chi connectivity index (χ4n) is 3.68. The number of imidazole rings is 1. The summed E-state index contributed by atoms with van der Waals surface area (Å²) in [6.45, 7) is 0. The van der Waals surface area contributed by atoms with E-state index in [1.54, 1.807) is 60.5 Å². The van der Waals surface area contributed by atoms with Crippen molar-refractivity contribution in [2.24, 2.45) is 5.14 Å². The summed E-state index contributed by atoms with van der Waals surface area (Å²) in [5, 5.41) is 5.32. The van der Waals surface area contributed by atoms with Gasteiger partial charge in [0, 0.05) is 23.6 Å². The van der Waals surface area contributed by atoms with Gasteiger partial charge in [-0.2, -0.15) is 0 Å². The smallest absolute Gasteiger partial charge is 0.284 e. The lowest BCUT2D eigenvalue weighted by Crippen LogP contribution is -2.20. The van der Waals surface area contributed by atoms with Crippen LogP contribution in [0, 0.1) is 0 Å². The van der Waals surface area contributed by atoms with E-state index >= 15 is 0 Å². The van der Waals surface area contributed by atoms with Gasteiger partial charge in [0.05, 0.1) is 12.8 Å². The fraction of sp³-hybridized carbons (Fsp3) is 0.0435. The molecule has 0 radical (unpaired) electrons. The van der Waals surface area contributed by atoms with E-state index in [2.05, 4.69) is 15.0 Å². The van der Waals surface area contributed by atoms with Crippen LogP contribution < -0.4 is 15.4 Å². The second-order valence-electron chi connectivity index (χ2n) is 7.37. The standard InChI is InChI=1S/C23H18N6O4S/c1-33-18-8-6-16(7-9-18)28-13-26-22-21(28)23(30)29(14-27-22)17-4-2-15(3-5-17)19-10-11-25-12-20(19)34(24,31)32/h2-14H,1H3,(H2,24,31,32). The Morgan fingerprint density at radius 2 is 1.50 bits per heavy atom. The van der Waals surface area contributed by atoms with Crippen LogP contribution in [0.3, 0.4) is 0 Å². The molecule has 0 spiro atoms. The molecule has 0 saturated heterocycles. The van der Waals surface area contributed by atoms with E-state index in [0.29, 0.717) is 33.7 Å². The molecule has 10 nitrogen and oxygen atoms in total. The quantitative estimate of drug-likeness (QED) is 0.413. The Kier molecular flexibility index (Phi) is 5.19. The summed E-state index contributed by atoms with van der Waals surface area (Å²) in [5.41, 5.74) is 2.66. The van der Waals surface area contributed by atoms with Crippen molar-refractivity contribution in [2.45, 2.75) is 4.90 Å². The second-order valence-corrected chi connectivity index (χ2v) is 8.90. The predicted octanol–water partition coefficient (Wildman–Crippen LogP) is 2.29. The Bertz CT molecular complexity index is 1670. The molecule has 0 aliphatic rings. The SMILES string of the molecule is COc1ccc(-n2cnc3ncn(-c4ccc(-c5ccncc5S(N)(=O)=O)cc4)c(=O)c32)cc1. The van der Waals surface area contributed by atoms with Gasteiger partial charge in [0.2, 0.25) is 10.0 Å². The van der Waals surface area contributed by atoms with Gasteiger partial charge in [-0.25, -0.2) is 23.5 Å². The van der Waals surface area contributed by atoms with Crippen molar-refractivity contribution >= 4 is 21.2 Å². The summed E-state index contributed by atoms with van der Waals surface area (Å²) >= 11 is 0. The van der Waals surface area contributed by atoms with E-state index in [0.717, 1.165) is 5.69 Å². The number of hydrogen-bond donors (Lipinski definition) is 1. The average molecular weight is 475 g/mol. The van der Waals surface area contributed by atoms with Gasteiger partial charge in [-0.3, -0.25) is 18.9 Å². The Labute approximate surface area is 194 Å². The number of hydrogen-bond acceptors (Lipinski definition) is 7. The molecule has 3 heterocycles. The monoisotopic (exact) mass is 474 g/mol.